The Bertz CT molecular complexity index is 1560. The molecule has 0 aliphatic carbocycles. The molecule has 172 valence electrons. The van der Waals surface area contributed by atoms with Gasteiger partial charge in [-0.2, -0.15) is 5.26 Å². The average Bonchev–Trinajstić information content (AvgIpc) is 3.43. The quantitative estimate of drug-likeness (QED) is 0.405. The molecule has 1 atom stereocenters. The molecule has 3 aromatic carbocycles. The number of benzene rings is 3. The molecule has 0 spiro atoms. The van der Waals surface area contributed by atoms with E-state index in [1.807, 2.05) is 6.07 Å². The Hall–Kier alpha value is -5.03. The number of hydrogen-bond acceptors (Lipinski definition) is 7. The average molecular weight is 466 g/mol. The Morgan fingerprint density at radius 1 is 1.06 bits per heavy atom. The number of ether oxygens (including phenoxy) is 1. The number of rotatable bonds is 5. The predicted molar refractivity (Wildman–Crippen MR) is 126 cm³/mol. The van der Waals surface area contributed by atoms with Crippen LogP contribution in [0.1, 0.15) is 27.7 Å². The van der Waals surface area contributed by atoms with Crippen LogP contribution in [0.2, 0.25) is 0 Å². The summed E-state index contributed by atoms with van der Waals surface area (Å²) in [6.07, 6.45) is 0. The summed E-state index contributed by atoms with van der Waals surface area (Å²) in [7, 11) is 1.48. The van der Waals surface area contributed by atoms with Crippen molar-refractivity contribution in [2.75, 3.05) is 12.0 Å². The van der Waals surface area contributed by atoms with Crippen molar-refractivity contribution in [3.63, 3.8) is 0 Å². The molecule has 0 fully saturated rings. The molecule has 4 aromatic rings. The lowest BCUT2D eigenvalue weighted by molar-refractivity contribution is -0.117. The minimum atomic E-state index is -1.05. The van der Waals surface area contributed by atoms with Gasteiger partial charge in [0.15, 0.2) is 22.9 Å². The number of carbonyl (C=O) groups excluding carboxylic acids is 2. The van der Waals surface area contributed by atoms with Crippen LogP contribution in [0.4, 0.5) is 5.69 Å². The number of phenols is 1. The van der Waals surface area contributed by atoms with Crippen LogP contribution in [-0.4, -0.2) is 29.0 Å². The molecular formula is C27H18N2O6. The van der Waals surface area contributed by atoms with Crippen molar-refractivity contribution in [3.05, 3.63) is 101 Å². The van der Waals surface area contributed by atoms with Gasteiger partial charge < -0.3 is 19.4 Å². The first-order valence-corrected chi connectivity index (χ1v) is 10.6. The summed E-state index contributed by atoms with van der Waals surface area (Å²) in [5, 5.41) is 30.7. The summed E-state index contributed by atoms with van der Waals surface area (Å²) in [4.78, 5) is 28.2. The smallest absolute Gasteiger partial charge is 0.294 e. The Morgan fingerprint density at radius 3 is 2.49 bits per heavy atom. The van der Waals surface area contributed by atoms with Crippen LogP contribution >= 0.6 is 0 Å². The second-order valence-electron chi connectivity index (χ2n) is 7.91. The van der Waals surface area contributed by atoms with Gasteiger partial charge in [0.25, 0.3) is 5.91 Å². The maximum absolute atomic E-state index is 13.7. The van der Waals surface area contributed by atoms with Crippen molar-refractivity contribution in [2.45, 2.75) is 6.04 Å². The van der Waals surface area contributed by atoms with Gasteiger partial charge in [-0.25, -0.2) is 0 Å². The molecule has 0 saturated carbocycles. The number of aliphatic hydroxyl groups excluding tert-OH is 1. The lowest BCUT2D eigenvalue weighted by Crippen LogP contribution is -2.31. The number of furan rings is 1. The number of Topliss-reactive ketones (excluding diaryl/α,β-unsaturated/α-hetero) is 1. The third kappa shape index (κ3) is 3.56. The van der Waals surface area contributed by atoms with Gasteiger partial charge in [0.2, 0.25) is 5.78 Å². The SMILES string of the molecule is COc1cccc2cc(C(=O)C3=C(O)C(=O)N(c4ccc(C#N)cc4)C3c3cccc(O)c3)oc12. The van der Waals surface area contributed by atoms with E-state index in [1.54, 1.807) is 42.5 Å². The number of anilines is 1. The number of nitriles is 1. The van der Waals surface area contributed by atoms with Crippen LogP contribution in [0.25, 0.3) is 11.0 Å². The summed E-state index contributed by atoms with van der Waals surface area (Å²) in [5.41, 5.74) is 1.33. The highest BCUT2D eigenvalue weighted by molar-refractivity contribution is 6.20. The van der Waals surface area contributed by atoms with Gasteiger partial charge in [0.05, 0.1) is 30.4 Å². The normalized spacial score (nSPS) is 15.5. The van der Waals surface area contributed by atoms with E-state index in [4.69, 9.17) is 14.4 Å². The Morgan fingerprint density at radius 2 is 1.80 bits per heavy atom. The lowest BCUT2D eigenvalue weighted by Gasteiger charge is -2.26. The fourth-order valence-electron chi connectivity index (χ4n) is 4.25. The zero-order chi connectivity index (χ0) is 24.7. The van der Waals surface area contributed by atoms with E-state index in [2.05, 4.69) is 0 Å². The van der Waals surface area contributed by atoms with Crippen LogP contribution in [0.3, 0.4) is 0 Å². The van der Waals surface area contributed by atoms with Gasteiger partial charge in [-0.05, 0) is 54.1 Å². The molecule has 8 heteroatoms. The summed E-state index contributed by atoms with van der Waals surface area (Å²) in [6.45, 7) is 0. The number of carbonyl (C=O) groups is 2. The first kappa shape index (κ1) is 21.8. The Labute approximate surface area is 199 Å². The van der Waals surface area contributed by atoms with Gasteiger partial charge in [0.1, 0.15) is 5.75 Å². The molecule has 1 unspecified atom stereocenters. The molecule has 1 aromatic heterocycles. The van der Waals surface area contributed by atoms with Crippen molar-refractivity contribution in [1.29, 1.82) is 5.26 Å². The molecule has 1 amide bonds. The number of phenolic OH excluding ortho intramolecular Hbond substituents is 1. The maximum atomic E-state index is 13.7. The number of amides is 1. The monoisotopic (exact) mass is 466 g/mol. The highest BCUT2D eigenvalue weighted by atomic mass is 16.5. The van der Waals surface area contributed by atoms with Gasteiger partial charge in [-0.3, -0.25) is 14.5 Å². The van der Waals surface area contributed by atoms with Crippen LogP contribution in [0.15, 0.2) is 88.5 Å². The summed E-state index contributed by atoms with van der Waals surface area (Å²) in [5.74, 6) is -1.91. The third-order valence-corrected chi connectivity index (χ3v) is 5.86. The van der Waals surface area contributed by atoms with Gasteiger partial charge in [-0.15, -0.1) is 0 Å². The van der Waals surface area contributed by atoms with Crippen LogP contribution in [0.5, 0.6) is 11.5 Å². The molecule has 35 heavy (non-hydrogen) atoms. The van der Waals surface area contributed by atoms with Crippen molar-refractivity contribution in [1.82, 2.24) is 0 Å². The predicted octanol–water partition coefficient (Wildman–Crippen LogP) is 4.80. The highest BCUT2D eigenvalue weighted by Gasteiger charge is 2.45. The first-order chi connectivity index (χ1) is 16.9. The number of ketones is 1. The Balaban J connectivity index is 1.66. The zero-order valence-corrected chi connectivity index (χ0v) is 18.4. The number of aliphatic hydroxyl groups is 1. The molecule has 0 bridgehead atoms. The second kappa shape index (κ2) is 8.39. The summed E-state index contributed by atoms with van der Waals surface area (Å²) >= 11 is 0. The van der Waals surface area contributed by atoms with Crippen molar-refractivity contribution in [3.8, 4) is 17.6 Å². The molecule has 0 radical (unpaired) electrons. The minimum absolute atomic E-state index is 0.0682. The van der Waals surface area contributed by atoms with Crippen LogP contribution in [0, 0.1) is 11.3 Å². The van der Waals surface area contributed by atoms with Gasteiger partial charge in [0, 0.05) is 11.1 Å². The number of para-hydroxylation sites is 1. The fraction of sp³-hybridized carbons (Fsp3) is 0.0741. The number of hydrogen-bond donors (Lipinski definition) is 2. The molecule has 1 aliphatic rings. The Kier molecular flexibility index (Phi) is 5.23. The van der Waals surface area contributed by atoms with E-state index < -0.39 is 23.5 Å². The maximum Gasteiger partial charge on any atom is 0.294 e. The standard InChI is InChI=1S/C27H18N2O6/c1-34-20-7-3-5-17-13-21(35-26(17)20)24(31)22-23(16-4-2-6-19(30)12-16)29(27(33)25(22)32)18-10-8-15(14-28)9-11-18/h2-13,23,30,32H,1H3. The number of aromatic hydroxyl groups is 1. The topological polar surface area (TPSA) is 124 Å². The van der Waals surface area contributed by atoms with Gasteiger partial charge >= 0.3 is 0 Å². The molecule has 2 heterocycles. The van der Waals surface area contributed by atoms with E-state index in [1.165, 1.54) is 42.3 Å². The number of fused-ring (bicyclic) bond motifs is 1. The van der Waals surface area contributed by atoms with Gasteiger partial charge in [-0.1, -0.05) is 24.3 Å². The van der Waals surface area contributed by atoms with E-state index in [-0.39, 0.29) is 17.1 Å². The van der Waals surface area contributed by atoms with Crippen LogP contribution < -0.4 is 9.64 Å². The lowest BCUT2D eigenvalue weighted by atomic mass is 9.94. The van der Waals surface area contributed by atoms with Crippen LogP contribution in [-0.2, 0) is 4.79 Å². The van der Waals surface area contributed by atoms with E-state index in [0.717, 1.165) is 0 Å². The third-order valence-electron chi connectivity index (χ3n) is 5.86. The number of methoxy groups -OCH3 is 1. The van der Waals surface area contributed by atoms with Crippen molar-refractivity contribution in [2.24, 2.45) is 0 Å². The fourth-order valence-corrected chi connectivity index (χ4v) is 4.25. The largest absolute Gasteiger partial charge is 0.508 e. The second-order valence-corrected chi connectivity index (χ2v) is 7.91. The van der Waals surface area contributed by atoms with E-state index in [0.29, 0.717) is 33.5 Å². The molecule has 0 saturated heterocycles. The molecular weight excluding hydrogens is 448 g/mol. The summed E-state index contributed by atoms with van der Waals surface area (Å²) < 4.78 is 11.1. The van der Waals surface area contributed by atoms with Crippen molar-refractivity contribution < 1.29 is 29.0 Å². The molecule has 5 rings (SSSR count). The molecule has 1 aliphatic heterocycles. The van der Waals surface area contributed by atoms with Crippen molar-refractivity contribution >= 4 is 28.3 Å². The highest BCUT2D eigenvalue weighted by Crippen LogP contribution is 2.43. The van der Waals surface area contributed by atoms with E-state index in [9.17, 15) is 19.8 Å². The molecule has 2 N–H and O–H groups in total. The molecule has 8 nitrogen and oxygen atoms in total. The minimum Gasteiger partial charge on any atom is -0.508 e. The first-order valence-electron chi connectivity index (χ1n) is 10.6. The zero-order valence-electron chi connectivity index (χ0n) is 18.4. The number of nitrogens with zero attached hydrogens (tertiary/aromatic N) is 2. The van der Waals surface area contributed by atoms with E-state index >= 15 is 0 Å². The summed E-state index contributed by atoms with van der Waals surface area (Å²) in [6, 6.07) is 20.0.